The zero-order valence-corrected chi connectivity index (χ0v) is 14.8. The summed E-state index contributed by atoms with van der Waals surface area (Å²) in [6.45, 7) is 1.59. The lowest BCUT2D eigenvalue weighted by Gasteiger charge is -2.11. The predicted molar refractivity (Wildman–Crippen MR) is 101 cm³/mol. The molecule has 0 spiro atoms. The molecule has 1 aliphatic heterocycles. The fraction of sp³-hybridized carbons (Fsp3) is 0.143. The van der Waals surface area contributed by atoms with E-state index < -0.39 is 9.84 Å². The van der Waals surface area contributed by atoms with Gasteiger partial charge in [-0.1, -0.05) is 36.4 Å². The molecule has 26 heavy (non-hydrogen) atoms. The van der Waals surface area contributed by atoms with E-state index in [1.807, 2.05) is 30.3 Å². The lowest BCUT2D eigenvalue weighted by atomic mass is 10.1. The van der Waals surface area contributed by atoms with Crippen molar-refractivity contribution in [2.24, 2.45) is 0 Å². The summed E-state index contributed by atoms with van der Waals surface area (Å²) in [6, 6.07) is 18.1. The molecular weight excluding hydrogens is 346 g/mol. The molecule has 0 amide bonds. The van der Waals surface area contributed by atoms with E-state index in [0.717, 1.165) is 46.0 Å². The van der Waals surface area contributed by atoms with Crippen LogP contribution in [0, 0.1) is 0 Å². The first-order valence-electron chi connectivity index (χ1n) is 8.62. The van der Waals surface area contributed by atoms with Gasteiger partial charge in [0.15, 0.2) is 0 Å². The number of benzene rings is 3. The van der Waals surface area contributed by atoms with E-state index in [2.05, 4.69) is 5.32 Å². The lowest BCUT2D eigenvalue weighted by molar-refractivity contribution is 0.500. The predicted octanol–water partition coefficient (Wildman–Crippen LogP) is 4.06. The highest BCUT2D eigenvalue weighted by molar-refractivity contribution is 7.91. The molecule has 0 fully saturated rings. The first-order valence-corrected chi connectivity index (χ1v) is 10.1. The van der Waals surface area contributed by atoms with E-state index in [4.69, 9.17) is 4.42 Å². The molecule has 4 aromatic rings. The SMILES string of the molecule is O=S(=O)(c1ccc2oc3c(c2c1)CNCC3)c1cccc2ccccc12. The molecule has 3 aromatic carbocycles. The third-order valence-electron chi connectivity index (χ3n) is 5.03. The van der Waals surface area contributed by atoms with Crippen LogP contribution >= 0.6 is 0 Å². The molecule has 5 heteroatoms. The third-order valence-corrected chi connectivity index (χ3v) is 6.84. The zero-order chi connectivity index (χ0) is 17.7. The second kappa shape index (κ2) is 5.69. The van der Waals surface area contributed by atoms with Crippen molar-refractivity contribution in [3.8, 4) is 0 Å². The molecule has 0 saturated carbocycles. The summed E-state index contributed by atoms with van der Waals surface area (Å²) >= 11 is 0. The van der Waals surface area contributed by atoms with Gasteiger partial charge < -0.3 is 9.73 Å². The van der Waals surface area contributed by atoms with Gasteiger partial charge in [0.1, 0.15) is 11.3 Å². The van der Waals surface area contributed by atoms with E-state index in [1.54, 1.807) is 30.3 Å². The molecule has 0 saturated heterocycles. The van der Waals surface area contributed by atoms with Gasteiger partial charge in [-0.2, -0.15) is 0 Å². The standard InChI is InChI=1S/C21H17NO3S/c23-26(24,21-7-3-5-14-4-1-2-6-16(14)21)15-8-9-19-17(12-15)18-13-22-11-10-20(18)25-19/h1-9,12,22H,10-11,13H2. The molecule has 5 rings (SSSR count). The fourth-order valence-corrected chi connectivity index (χ4v) is 5.22. The van der Waals surface area contributed by atoms with Crippen LogP contribution in [0.2, 0.25) is 0 Å². The minimum Gasteiger partial charge on any atom is -0.461 e. The number of hydrogen-bond acceptors (Lipinski definition) is 4. The number of hydrogen-bond donors (Lipinski definition) is 1. The lowest BCUT2D eigenvalue weighted by Crippen LogP contribution is -2.22. The molecule has 0 atom stereocenters. The highest BCUT2D eigenvalue weighted by atomic mass is 32.2. The highest BCUT2D eigenvalue weighted by Gasteiger charge is 2.23. The maximum atomic E-state index is 13.3. The summed E-state index contributed by atoms with van der Waals surface area (Å²) in [5.74, 6) is 0.957. The summed E-state index contributed by atoms with van der Waals surface area (Å²) < 4.78 is 32.6. The van der Waals surface area contributed by atoms with Crippen molar-refractivity contribution in [3.63, 3.8) is 0 Å². The van der Waals surface area contributed by atoms with Crippen molar-refractivity contribution in [3.05, 3.63) is 72.0 Å². The average Bonchev–Trinajstić information content (AvgIpc) is 3.05. The maximum Gasteiger partial charge on any atom is 0.207 e. The Balaban J connectivity index is 1.73. The van der Waals surface area contributed by atoms with Gasteiger partial charge in [0, 0.05) is 35.8 Å². The quantitative estimate of drug-likeness (QED) is 0.583. The summed E-state index contributed by atoms with van der Waals surface area (Å²) in [4.78, 5) is 0.640. The van der Waals surface area contributed by atoms with Crippen LogP contribution in [-0.4, -0.2) is 15.0 Å². The Morgan fingerprint density at radius 1 is 0.923 bits per heavy atom. The Labute approximate surface area is 151 Å². The number of nitrogens with one attached hydrogen (secondary N) is 1. The topological polar surface area (TPSA) is 59.3 Å². The molecule has 0 bridgehead atoms. The van der Waals surface area contributed by atoms with E-state index in [-0.39, 0.29) is 0 Å². The summed E-state index contributed by atoms with van der Waals surface area (Å²) in [5.41, 5.74) is 1.82. The average molecular weight is 363 g/mol. The first kappa shape index (κ1) is 15.6. The molecule has 1 aliphatic rings. The fourth-order valence-electron chi connectivity index (χ4n) is 3.71. The maximum absolute atomic E-state index is 13.3. The molecule has 4 nitrogen and oxygen atoms in total. The van der Waals surface area contributed by atoms with Crippen molar-refractivity contribution >= 4 is 31.6 Å². The second-order valence-electron chi connectivity index (χ2n) is 6.57. The Morgan fingerprint density at radius 3 is 2.69 bits per heavy atom. The van der Waals surface area contributed by atoms with E-state index in [1.165, 1.54) is 0 Å². The van der Waals surface area contributed by atoms with Gasteiger partial charge in [-0.15, -0.1) is 0 Å². The van der Waals surface area contributed by atoms with Crippen LogP contribution in [0.3, 0.4) is 0 Å². The zero-order valence-electron chi connectivity index (χ0n) is 14.0. The Morgan fingerprint density at radius 2 is 1.77 bits per heavy atom. The molecule has 1 aromatic heterocycles. The smallest absolute Gasteiger partial charge is 0.207 e. The van der Waals surface area contributed by atoms with Gasteiger partial charge in [-0.25, -0.2) is 8.42 Å². The van der Waals surface area contributed by atoms with Gasteiger partial charge >= 0.3 is 0 Å². The van der Waals surface area contributed by atoms with Crippen LogP contribution in [0.5, 0.6) is 0 Å². The van der Waals surface area contributed by atoms with Gasteiger partial charge in [-0.05, 0) is 29.7 Å². The molecule has 130 valence electrons. The molecule has 0 radical (unpaired) electrons. The number of furan rings is 1. The van der Waals surface area contributed by atoms with Gasteiger partial charge in [0.25, 0.3) is 0 Å². The van der Waals surface area contributed by atoms with Gasteiger partial charge in [0.05, 0.1) is 9.79 Å². The van der Waals surface area contributed by atoms with E-state index in [9.17, 15) is 8.42 Å². The Bertz CT molecular complexity index is 1250. The van der Waals surface area contributed by atoms with Crippen molar-refractivity contribution in [2.75, 3.05) is 6.54 Å². The van der Waals surface area contributed by atoms with Crippen LogP contribution in [0.25, 0.3) is 21.7 Å². The van der Waals surface area contributed by atoms with Gasteiger partial charge in [-0.3, -0.25) is 0 Å². The third kappa shape index (κ3) is 2.28. The van der Waals surface area contributed by atoms with Crippen molar-refractivity contribution in [1.29, 1.82) is 0 Å². The number of fused-ring (bicyclic) bond motifs is 4. The minimum absolute atomic E-state index is 0.301. The first-order chi connectivity index (χ1) is 12.6. The summed E-state index contributed by atoms with van der Waals surface area (Å²) in [7, 11) is -3.62. The highest BCUT2D eigenvalue weighted by Crippen LogP contribution is 2.33. The monoisotopic (exact) mass is 363 g/mol. The van der Waals surface area contributed by atoms with Crippen LogP contribution in [-0.2, 0) is 22.8 Å². The van der Waals surface area contributed by atoms with E-state index in [0.29, 0.717) is 16.3 Å². The van der Waals surface area contributed by atoms with Crippen molar-refractivity contribution in [2.45, 2.75) is 22.8 Å². The molecule has 1 N–H and O–H groups in total. The largest absolute Gasteiger partial charge is 0.461 e. The summed E-state index contributed by atoms with van der Waals surface area (Å²) in [5, 5.41) is 5.86. The number of rotatable bonds is 2. The van der Waals surface area contributed by atoms with Gasteiger partial charge in [0.2, 0.25) is 9.84 Å². The molecule has 0 aliphatic carbocycles. The molecule has 0 unspecified atom stereocenters. The number of sulfone groups is 1. The van der Waals surface area contributed by atoms with Crippen LogP contribution in [0.1, 0.15) is 11.3 Å². The molecular formula is C21H17NO3S. The summed E-state index contributed by atoms with van der Waals surface area (Å²) in [6.07, 6.45) is 0.829. The Hall–Kier alpha value is -2.63. The van der Waals surface area contributed by atoms with Crippen molar-refractivity contribution < 1.29 is 12.8 Å². The van der Waals surface area contributed by atoms with Crippen LogP contribution in [0.4, 0.5) is 0 Å². The Kier molecular flexibility index (Phi) is 3.42. The van der Waals surface area contributed by atoms with Crippen molar-refractivity contribution in [1.82, 2.24) is 5.32 Å². The van der Waals surface area contributed by atoms with E-state index >= 15 is 0 Å². The molecule has 2 heterocycles. The minimum atomic E-state index is -3.62. The van der Waals surface area contributed by atoms with Crippen LogP contribution < -0.4 is 5.32 Å². The second-order valence-corrected chi connectivity index (χ2v) is 8.49. The normalized spacial score (nSPS) is 14.6. The van der Waals surface area contributed by atoms with Crippen LogP contribution in [0.15, 0.2) is 74.9 Å².